The highest BCUT2D eigenvalue weighted by Crippen LogP contribution is 2.16. The zero-order valence-corrected chi connectivity index (χ0v) is 11.1. The number of nitrogens with zero attached hydrogens (tertiary/aromatic N) is 2. The quantitative estimate of drug-likeness (QED) is 0.818. The molecule has 0 saturated heterocycles. The highest BCUT2D eigenvalue weighted by Gasteiger charge is 2.27. The lowest BCUT2D eigenvalue weighted by Crippen LogP contribution is -2.38. The van der Waals surface area contributed by atoms with Crippen LogP contribution < -0.4 is 0 Å². The number of hydrogen-bond acceptors (Lipinski definition) is 3. The van der Waals surface area contributed by atoms with E-state index in [0.29, 0.717) is 12.4 Å². The summed E-state index contributed by atoms with van der Waals surface area (Å²) in [6.45, 7) is 5.63. The summed E-state index contributed by atoms with van der Waals surface area (Å²) in [5.41, 5.74) is 0. The fourth-order valence-corrected chi connectivity index (χ4v) is 3.28. The molecule has 5 nitrogen and oxygen atoms in total. The van der Waals surface area contributed by atoms with Crippen LogP contribution in [0.15, 0.2) is 11.2 Å². The van der Waals surface area contributed by atoms with Crippen molar-refractivity contribution in [2.24, 2.45) is 0 Å². The van der Waals surface area contributed by atoms with Crippen molar-refractivity contribution in [3.05, 3.63) is 12.0 Å². The van der Waals surface area contributed by atoms with E-state index in [9.17, 15) is 8.42 Å². The SMILES string of the molecule is Cc1ncc(S(=O)(=O)N(CCCl)C(C)C)[nH]1. The third-order valence-electron chi connectivity index (χ3n) is 2.15. The number of aromatic amines is 1. The number of halogens is 1. The highest BCUT2D eigenvalue weighted by molar-refractivity contribution is 7.89. The van der Waals surface area contributed by atoms with E-state index < -0.39 is 10.0 Å². The van der Waals surface area contributed by atoms with Crippen LogP contribution in [0.25, 0.3) is 0 Å². The Morgan fingerprint density at radius 3 is 2.56 bits per heavy atom. The van der Waals surface area contributed by atoms with Crippen molar-refractivity contribution in [2.45, 2.75) is 31.8 Å². The molecule has 1 aromatic heterocycles. The molecule has 0 unspecified atom stereocenters. The molecule has 0 aromatic carbocycles. The first-order valence-electron chi connectivity index (χ1n) is 4.99. The normalized spacial score (nSPS) is 12.6. The van der Waals surface area contributed by atoms with Gasteiger partial charge in [-0.3, -0.25) is 0 Å². The number of imidazole rings is 1. The molecule has 0 fully saturated rings. The Morgan fingerprint density at radius 1 is 1.56 bits per heavy atom. The highest BCUT2D eigenvalue weighted by atomic mass is 35.5. The van der Waals surface area contributed by atoms with E-state index in [1.54, 1.807) is 6.92 Å². The molecule has 0 saturated carbocycles. The lowest BCUT2D eigenvalue weighted by atomic mass is 10.4. The zero-order chi connectivity index (χ0) is 12.3. The summed E-state index contributed by atoms with van der Waals surface area (Å²) >= 11 is 5.61. The number of alkyl halides is 1. The summed E-state index contributed by atoms with van der Waals surface area (Å²) in [5.74, 6) is 0.845. The third-order valence-corrected chi connectivity index (χ3v) is 4.30. The monoisotopic (exact) mass is 265 g/mol. The number of nitrogens with one attached hydrogen (secondary N) is 1. The van der Waals surface area contributed by atoms with E-state index in [2.05, 4.69) is 9.97 Å². The maximum absolute atomic E-state index is 12.2. The maximum atomic E-state index is 12.2. The molecule has 1 rings (SSSR count). The molecule has 0 aliphatic heterocycles. The van der Waals surface area contributed by atoms with Crippen LogP contribution in [0.2, 0.25) is 0 Å². The molecule has 92 valence electrons. The van der Waals surface area contributed by atoms with Gasteiger partial charge in [0, 0.05) is 18.5 Å². The Kier molecular flexibility index (Phi) is 4.35. The van der Waals surface area contributed by atoms with Gasteiger partial charge in [0.2, 0.25) is 0 Å². The van der Waals surface area contributed by atoms with Gasteiger partial charge >= 0.3 is 0 Å². The summed E-state index contributed by atoms with van der Waals surface area (Å²) in [6.07, 6.45) is 1.33. The van der Waals surface area contributed by atoms with Crippen LogP contribution in [0.4, 0.5) is 0 Å². The molecule has 0 aliphatic rings. The van der Waals surface area contributed by atoms with Gasteiger partial charge in [-0.2, -0.15) is 4.31 Å². The molecule has 16 heavy (non-hydrogen) atoms. The van der Waals surface area contributed by atoms with Gasteiger partial charge in [-0.1, -0.05) is 0 Å². The fraction of sp³-hybridized carbons (Fsp3) is 0.667. The van der Waals surface area contributed by atoms with Crippen molar-refractivity contribution >= 4 is 21.6 Å². The number of sulfonamides is 1. The Labute approximate surface area is 101 Å². The summed E-state index contributed by atoms with van der Waals surface area (Å²) in [7, 11) is -3.51. The average Bonchev–Trinajstić information content (AvgIpc) is 2.61. The van der Waals surface area contributed by atoms with Gasteiger partial charge < -0.3 is 4.98 Å². The largest absolute Gasteiger partial charge is 0.332 e. The van der Waals surface area contributed by atoms with Crippen molar-refractivity contribution in [3.8, 4) is 0 Å². The van der Waals surface area contributed by atoms with Crippen LogP contribution in [-0.2, 0) is 10.0 Å². The molecule has 0 bridgehead atoms. The van der Waals surface area contributed by atoms with Crippen LogP contribution in [0.5, 0.6) is 0 Å². The number of aromatic nitrogens is 2. The fourth-order valence-electron chi connectivity index (χ4n) is 1.39. The number of H-pyrrole nitrogens is 1. The lowest BCUT2D eigenvalue weighted by molar-refractivity contribution is 0.369. The predicted molar refractivity (Wildman–Crippen MR) is 63.1 cm³/mol. The second-order valence-electron chi connectivity index (χ2n) is 3.73. The van der Waals surface area contributed by atoms with Crippen LogP contribution in [-0.4, -0.2) is 41.2 Å². The van der Waals surface area contributed by atoms with Crippen LogP contribution in [0.1, 0.15) is 19.7 Å². The average molecular weight is 266 g/mol. The molecular weight excluding hydrogens is 250 g/mol. The van der Waals surface area contributed by atoms with Gasteiger partial charge in [0.15, 0.2) is 5.03 Å². The molecule has 7 heteroatoms. The minimum absolute atomic E-state index is 0.115. The van der Waals surface area contributed by atoms with Crippen molar-refractivity contribution in [3.63, 3.8) is 0 Å². The summed E-state index contributed by atoms with van der Waals surface area (Å²) in [6, 6.07) is -0.132. The minimum Gasteiger partial charge on any atom is -0.332 e. The van der Waals surface area contributed by atoms with E-state index in [1.807, 2.05) is 13.8 Å². The first kappa shape index (κ1) is 13.5. The van der Waals surface area contributed by atoms with E-state index in [1.165, 1.54) is 10.5 Å². The first-order chi connectivity index (χ1) is 7.39. The van der Waals surface area contributed by atoms with Gasteiger partial charge in [-0.25, -0.2) is 13.4 Å². The molecule has 1 aromatic rings. The second-order valence-corrected chi connectivity index (χ2v) is 5.97. The van der Waals surface area contributed by atoms with E-state index in [-0.39, 0.29) is 16.9 Å². The zero-order valence-electron chi connectivity index (χ0n) is 9.57. The second kappa shape index (κ2) is 5.16. The standard InChI is InChI=1S/C9H16ClN3O2S/c1-7(2)13(5-4-10)16(14,15)9-6-11-8(3)12-9/h6-7H,4-5H2,1-3H3,(H,11,12). The maximum Gasteiger partial charge on any atom is 0.260 e. The summed E-state index contributed by atoms with van der Waals surface area (Å²) < 4.78 is 25.7. The third kappa shape index (κ3) is 2.75. The molecular formula is C9H16ClN3O2S. The minimum atomic E-state index is -3.51. The summed E-state index contributed by atoms with van der Waals surface area (Å²) in [4.78, 5) is 6.62. The van der Waals surface area contributed by atoms with Crippen LogP contribution in [0, 0.1) is 6.92 Å². The van der Waals surface area contributed by atoms with Crippen molar-refractivity contribution in [1.29, 1.82) is 0 Å². The Bertz CT molecular complexity index is 441. The Balaban J connectivity index is 3.08. The van der Waals surface area contributed by atoms with E-state index >= 15 is 0 Å². The topological polar surface area (TPSA) is 66.1 Å². The molecule has 0 radical (unpaired) electrons. The molecule has 0 aliphatic carbocycles. The predicted octanol–water partition coefficient (Wildman–Crippen LogP) is 1.36. The van der Waals surface area contributed by atoms with Crippen LogP contribution >= 0.6 is 11.6 Å². The first-order valence-corrected chi connectivity index (χ1v) is 6.96. The molecule has 0 amide bonds. The smallest absolute Gasteiger partial charge is 0.260 e. The molecule has 1 N–H and O–H groups in total. The Hall–Kier alpha value is -0.590. The molecule has 1 heterocycles. The van der Waals surface area contributed by atoms with Gasteiger partial charge in [0.25, 0.3) is 10.0 Å². The van der Waals surface area contributed by atoms with Gasteiger partial charge in [0.1, 0.15) is 5.82 Å². The number of aryl methyl sites for hydroxylation is 1. The number of rotatable bonds is 5. The molecule has 0 atom stereocenters. The van der Waals surface area contributed by atoms with Gasteiger partial charge in [-0.15, -0.1) is 11.6 Å². The van der Waals surface area contributed by atoms with Gasteiger partial charge in [-0.05, 0) is 20.8 Å². The van der Waals surface area contributed by atoms with Gasteiger partial charge in [0.05, 0.1) is 6.20 Å². The van der Waals surface area contributed by atoms with Crippen LogP contribution in [0.3, 0.4) is 0 Å². The van der Waals surface area contributed by atoms with E-state index in [0.717, 1.165) is 0 Å². The Morgan fingerprint density at radius 2 is 2.19 bits per heavy atom. The van der Waals surface area contributed by atoms with Crippen molar-refractivity contribution in [1.82, 2.24) is 14.3 Å². The van der Waals surface area contributed by atoms with E-state index in [4.69, 9.17) is 11.6 Å². The lowest BCUT2D eigenvalue weighted by Gasteiger charge is -2.23. The van der Waals surface area contributed by atoms with Crippen molar-refractivity contribution in [2.75, 3.05) is 12.4 Å². The number of hydrogen-bond donors (Lipinski definition) is 1. The van der Waals surface area contributed by atoms with Crippen molar-refractivity contribution < 1.29 is 8.42 Å². The molecule has 0 spiro atoms. The summed E-state index contributed by atoms with van der Waals surface area (Å²) in [5, 5.41) is 0.115.